The Balaban J connectivity index is 1.48. The van der Waals surface area contributed by atoms with E-state index in [1.165, 1.54) is 11.3 Å². The van der Waals surface area contributed by atoms with Crippen LogP contribution in [-0.2, 0) is 13.1 Å². The Labute approximate surface area is 143 Å². The Bertz CT molecular complexity index is 683. The second kappa shape index (κ2) is 8.15. The minimum Gasteiger partial charge on any atom is -0.364 e. The third kappa shape index (κ3) is 4.35. The molecule has 2 N–H and O–H groups in total. The molecule has 0 amide bonds. The molecule has 0 fully saturated rings. The summed E-state index contributed by atoms with van der Waals surface area (Å²) in [5.41, 5.74) is 3.48. The summed E-state index contributed by atoms with van der Waals surface area (Å²) in [7, 11) is 1.78. The third-order valence-corrected chi connectivity index (χ3v) is 3.97. The molecule has 1 aromatic carbocycles. The molecule has 0 spiro atoms. The Kier molecular flexibility index (Phi) is 5.45. The van der Waals surface area contributed by atoms with Crippen LogP contribution in [0.1, 0.15) is 11.3 Å². The molecule has 0 atom stereocenters. The summed E-state index contributed by atoms with van der Waals surface area (Å²) < 4.78 is 0. The van der Waals surface area contributed by atoms with E-state index >= 15 is 0 Å². The molecular formula is C19H23N5. The van der Waals surface area contributed by atoms with Crippen molar-refractivity contribution >= 4 is 11.6 Å². The summed E-state index contributed by atoms with van der Waals surface area (Å²) in [6.07, 6.45) is 6.20. The largest absolute Gasteiger partial charge is 0.364 e. The number of rotatable bonds is 5. The van der Waals surface area contributed by atoms with E-state index in [9.17, 15) is 0 Å². The summed E-state index contributed by atoms with van der Waals surface area (Å²) >= 11 is 0. The fourth-order valence-electron chi connectivity index (χ4n) is 2.60. The van der Waals surface area contributed by atoms with Gasteiger partial charge in [-0.2, -0.15) is 0 Å². The van der Waals surface area contributed by atoms with Gasteiger partial charge in [-0.25, -0.2) is 0 Å². The number of nitrogens with one attached hydrogen (secondary N) is 2. The van der Waals surface area contributed by atoms with E-state index in [0.29, 0.717) is 6.54 Å². The zero-order valence-corrected chi connectivity index (χ0v) is 13.9. The average Bonchev–Trinajstić information content (AvgIpc) is 3.18. The van der Waals surface area contributed by atoms with Crippen molar-refractivity contribution in [1.82, 2.24) is 15.6 Å². The number of benzene rings is 1. The molecule has 0 radical (unpaired) electrons. The first-order valence-electron chi connectivity index (χ1n) is 8.18. The van der Waals surface area contributed by atoms with Crippen molar-refractivity contribution in [3.8, 4) is 0 Å². The average molecular weight is 321 g/mol. The molecule has 2 aromatic rings. The highest BCUT2D eigenvalue weighted by atomic mass is 15.2. The topological polar surface area (TPSA) is 52.6 Å². The van der Waals surface area contributed by atoms with Crippen LogP contribution in [0.25, 0.3) is 0 Å². The Morgan fingerprint density at radius 1 is 1.04 bits per heavy atom. The quantitative estimate of drug-likeness (QED) is 0.504. The lowest BCUT2D eigenvalue weighted by Crippen LogP contribution is -2.36. The van der Waals surface area contributed by atoms with Crippen molar-refractivity contribution in [2.24, 2.45) is 4.99 Å². The Hall–Kier alpha value is -2.82. The maximum absolute atomic E-state index is 4.30. The van der Waals surface area contributed by atoms with Gasteiger partial charge in [0.2, 0.25) is 0 Å². The van der Waals surface area contributed by atoms with Crippen LogP contribution in [0.4, 0.5) is 5.69 Å². The smallest absolute Gasteiger partial charge is 0.191 e. The van der Waals surface area contributed by atoms with Gasteiger partial charge in [-0.05, 0) is 29.8 Å². The first kappa shape index (κ1) is 16.1. The number of guanidine groups is 1. The SMILES string of the molecule is CN=C(NCc1ccc(N2CC=CC2)cc1)NCc1ccccn1. The highest BCUT2D eigenvalue weighted by molar-refractivity contribution is 5.79. The lowest BCUT2D eigenvalue weighted by atomic mass is 10.2. The van der Waals surface area contributed by atoms with Gasteiger partial charge < -0.3 is 15.5 Å². The first-order chi connectivity index (χ1) is 11.8. The summed E-state index contributed by atoms with van der Waals surface area (Å²) in [6, 6.07) is 14.6. The molecular weight excluding hydrogens is 298 g/mol. The van der Waals surface area contributed by atoms with E-state index in [-0.39, 0.29) is 0 Å². The molecule has 0 aliphatic carbocycles. The molecule has 5 nitrogen and oxygen atoms in total. The lowest BCUT2D eigenvalue weighted by Gasteiger charge is -2.18. The number of aromatic nitrogens is 1. The van der Waals surface area contributed by atoms with Gasteiger partial charge in [-0.3, -0.25) is 9.98 Å². The van der Waals surface area contributed by atoms with Gasteiger partial charge in [0.15, 0.2) is 5.96 Å². The van der Waals surface area contributed by atoms with E-state index in [1.807, 2.05) is 18.2 Å². The van der Waals surface area contributed by atoms with Crippen molar-refractivity contribution in [2.75, 3.05) is 25.0 Å². The van der Waals surface area contributed by atoms with E-state index in [0.717, 1.165) is 31.3 Å². The zero-order valence-electron chi connectivity index (χ0n) is 13.9. The number of hydrogen-bond acceptors (Lipinski definition) is 3. The normalized spacial score (nSPS) is 14.0. The number of aliphatic imine (C=N–C) groups is 1. The van der Waals surface area contributed by atoms with Crippen LogP contribution >= 0.6 is 0 Å². The maximum Gasteiger partial charge on any atom is 0.191 e. The minimum absolute atomic E-state index is 0.654. The van der Waals surface area contributed by atoms with Gasteiger partial charge in [0.05, 0.1) is 12.2 Å². The number of nitrogens with zero attached hydrogens (tertiary/aromatic N) is 3. The summed E-state index contributed by atoms with van der Waals surface area (Å²) in [6.45, 7) is 3.39. The van der Waals surface area contributed by atoms with E-state index in [4.69, 9.17) is 0 Å². The van der Waals surface area contributed by atoms with Crippen molar-refractivity contribution in [3.05, 3.63) is 72.1 Å². The van der Waals surface area contributed by atoms with Crippen LogP contribution in [0.2, 0.25) is 0 Å². The number of pyridine rings is 1. The van der Waals surface area contributed by atoms with Gasteiger partial charge in [-0.1, -0.05) is 30.4 Å². The molecule has 1 aliphatic rings. The molecule has 5 heteroatoms. The van der Waals surface area contributed by atoms with Crippen molar-refractivity contribution < 1.29 is 0 Å². The van der Waals surface area contributed by atoms with Crippen LogP contribution in [-0.4, -0.2) is 31.1 Å². The lowest BCUT2D eigenvalue weighted by molar-refractivity contribution is 0.794. The van der Waals surface area contributed by atoms with E-state index < -0.39 is 0 Å². The highest BCUT2D eigenvalue weighted by Gasteiger charge is 2.07. The minimum atomic E-state index is 0.654. The van der Waals surface area contributed by atoms with E-state index in [2.05, 4.69) is 61.9 Å². The van der Waals surface area contributed by atoms with Crippen LogP contribution < -0.4 is 15.5 Å². The van der Waals surface area contributed by atoms with Crippen molar-refractivity contribution in [2.45, 2.75) is 13.1 Å². The van der Waals surface area contributed by atoms with Crippen LogP contribution in [0, 0.1) is 0 Å². The number of anilines is 1. The standard InChI is InChI=1S/C19H23N5/c1-20-19(23-15-17-6-2-3-11-21-17)22-14-16-7-9-18(10-8-16)24-12-4-5-13-24/h2-11H,12-15H2,1H3,(H2,20,22,23). The number of hydrogen-bond donors (Lipinski definition) is 2. The Morgan fingerprint density at radius 2 is 1.79 bits per heavy atom. The van der Waals surface area contributed by atoms with E-state index in [1.54, 1.807) is 13.2 Å². The second-order valence-corrected chi connectivity index (χ2v) is 5.64. The van der Waals surface area contributed by atoms with Gasteiger partial charge in [0, 0.05) is 38.6 Å². The molecule has 1 aromatic heterocycles. The predicted octanol–water partition coefficient (Wildman–Crippen LogP) is 2.32. The molecule has 0 saturated heterocycles. The molecule has 124 valence electrons. The van der Waals surface area contributed by atoms with Crippen LogP contribution in [0.3, 0.4) is 0 Å². The van der Waals surface area contributed by atoms with Crippen LogP contribution in [0.15, 0.2) is 65.8 Å². The monoisotopic (exact) mass is 321 g/mol. The van der Waals surface area contributed by atoms with Crippen LogP contribution in [0.5, 0.6) is 0 Å². The zero-order chi connectivity index (χ0) is 16.6. The predicted molar refractivity (Wildman–Crippen MR) is 99.1 cm³/mol. The summed E-state index contributed by atoms with van der Waals surface area (Å²) in [5, 5.41) is 6.60. The Morgan fingerprint density at radius 3 is 2.46 bits per heavy atom. The van der Waals surface area contributed by atoms with Gasteiger partial charge in [-0.15, -0.1) is 0 Å². The molecule has 1 aliphatic heterocycles. The molecule has 3 rings (SSSR count). The van der Waals surface area contributed by atoms with Crippen molar-refractivity contribution in [1.29, 1.82) is 0 Å². The van der Waals surface area contributed by atoms with Crippen molar-refractivity contribution in [3.63, 3.8) is 0 Å². The van der Waals surface area contributed by atoms with Gasteiger partial charge in [0.1, 0.15) is 0 Å². The fourth-order valence-corrected chi connectivity index (χ4v) is 2.60. The second-order valence-electron chi connectivity index (χ2n) is 5.64. The first-order valence-corrected chi connectivity index (χ1v) is 8.18. The fraction of sp³-hybridized carbons (Fsp3) is 0.263. The van der Waals surface area contributed by atoms with Gasteiger partial charge in [0.25, 0.3) is 0 Å². The third-order valence-electron chi connectivity index (χ3n) is 3.97. The molecule has 0 saturated carbocycles. The molecule has 0 bridgehead atoms. The maximum atomic E-state index is 4.30. The summed E-state index contributed by atoms with van der Waals surface area (Å²) in [5.74, 6) is 0.772. The molecule has 2 heterocycles. The van der Waals surface area contributed by atoms with Gasteiger partial charge >= 0.3 is 0 Å². The summed E-state index contributed by atoms with van der Waals surface area (Å²) in [4.78, 5) is 10.9. The highest BCUT2D eigenvalue weighted by Crippen LogP contribution is 2.17. The molecule has 24 heavy (non-hydrogen) atoms. The molecule has 0 unspecified atom stereocenters.